The van der Waals surface area contributed by atoms with E-state index in [1.54, 1.807) is 4.68 Å². The number of hydrogen-bond donors (Lipinski definition) is 2. The average molecular weight is 350 g/mol. The molecule has 2 heterocycles. The first-order valence-corrected chi connectivity index (χ1v) is 8.70. The fraction of sp³-hybridized carbons (Fsp3) is 0.533. The van der Waals surface area contributed by atoms with Crippen LogP contribution in [0.5, 0.6) is 0 Å². The lowest BCUT2D eigenvalue weighted by Crippen LogP contribution is -2.28. The van der Waals surface area contributed by atoms with Crippen molar-refractivity contribution in [2.75, 3.05) is 12.3 Å². The van der Waals surface area contributed by atoms with Crippen LogP contribution in [0.1, 0.15) is 48.1 Å². The zero-order valence-corrected chi connectivity index (χ0v) is 15.1. The van der Waals surface area contributed by atoms with E-state index in [0.29, 0.717) is 30.0 Å². The minimum atomic E-state index is -0.112. The summed E-state index contributed by atoms with van der Waals surface area (Å²) in [5, 5.41) is 14.5. The van der Waals surface area contributed by atoms with Crippen molar-refractivity contribution in [3.05, 3.63) is 23.3 Å². The minimum absolute atomic E-state index is 0.00246. The molecule has 24 heavy (non-hydrogen) atoms. The van der Waals surface area contributed by atoms with Gasteiger partial charge in [-0.05, 0) is 27.7 Å². The maximum absolute atomic E-state index is 12.1. The number of hydrogen-bond acceptors (Lipinski definition) is 6. The number of nitrogens with one attached hydrogen (secondary N) is 2. The predicted octanol–water partition coefficient (Wildman–Crippen LogP) is 1.68. The Bertz CT molecular complexity index is 710. The molecule has 0 fully saturated rings. The SMILES string of the molecule is CC(=O)c1c(C)nn([C@@H](C)CC(=O)NCCSc2ncn[nH]2)c1C. The van der Waals surface area contributed by atoms with Crippen LogP contribution in [-0.2, 0) is 4.79 Å². The van der Waals surface area contributed by atoms with Crippen LogP contribution >= 0.6 is 11.8 Å². The lowest BCUT2D eigenvalue weighted by atomic mass is 10.1. The van der Waals surface area contributed by atoms with Gasteiger partial charge in [-0.15, -0.1) is 0 Å². The fourth-order valence-electron chi connectivity index (χ4n) is 2.63. The number of aryl methyl sites for hydroxylation is 1. The van der Waals surface area contributed by atoms with Crippen molar-refractivity contribution >= 4 is 23.5 Å². The molecule has 2 rings (SSSR count). The number of H-pyrrole nitrogens is 1. The first-order chi connectivity index (χ1) is 11.4. The summed E-state index contributed by atoms with van der Waals surface area (Å²) in [6.07, 6.45) is 1.76. The average Bonchev–Trinajstić information content (AvgIpc) is 3.11. The van der Waals surface area contributed by atoms with Crippen LogP contribution in [0.15, 0.2) is 11.5 Å². The Morgan fingerprint density at radius 1 is 1.42 bits per heavy atom. The van der Waals surface area contributed by atoms with E-state index < -0.39 is 0 Å². The molecule has 0 bridgehead atoms. The molecule has 0 aliphatic carbocycles. The van der Waals surface area contributed by atoms with Crippen LogP contribution in [0.4, 0.5) is 0 Å². The van der Waals surface area contributed by atoms with Gasteiger partial charge in [-0.3, -0.25) is 19.4 Å². The number of amides is 1. The smallest absolute Gasteiger partial charge is 0.222 e. The standard InChI is InChI=1S/C15H22N6O2S/c1-9(21-11(3)14(12(4)22)10(2)20-21)7-13(23)16-5-6-24-15-17-8-18-19-15/h8-9H,5-7H2,1-4H3,(H,16,23)(H,17,18,19)/t9-/m0/s1. The number of aromatic nitrogens is 5. The second kappa shape index (κ2) is 8.09. The van der Waals surface area contributed by atoms with Gasteiger partial charge in [-0.1, -0.05) is 11.8 Å². The van der Waals surface area contributed by atoms with Gasteiger partial charge in [-0.25, -0.2) is 4.98 Å². The van der Waals surface area contributed by atoms with Gasteiger partial charge >= 0.3 is 0 Å². The van der Waals surface area contributed by atoms with Crippen molar-refractivity contribution in [2.24, 2.45) is 0 Å². The normalized spacial score (nSPS) is 12.2. The second-order valence-electron chi connectivity index (χ2n) is 5.59. The zero-order chi connectivity index (χ0) is 17.7. The van der Waals surface area contributed by atoms with Gasteiger partial charge in [-0.2, -0.15) is 10.2 Å². The quantitative estimate of drug-likeness (QED) is 0.426. The van der Waals surface area contributed by atoms with Crippen LogP contribution < -0.4 is 5.32 Å². The number of ketones is 1. The zero-order valence-electron chi connectivity index (χ0n) is 14.3. The molecule has 2 aromatic heterocycles. The van der Waals surface area contributed by atoms with E-state index in [-0.39, 0.29) is 17.7 Å². The molecular formula is C15H22N6O2S. The number of rotatable bonds is 8. The van der Waals surface area contributed by atoms with Gasteiger partial charge in [0.25, 0.3) is 0 Å². The van der Waals surface area contributed by atoms with E-state index in [0.717, 1.165) is 10.9 Å². The Hall–Kier alpha value is -2.16. The van der Waals surface area contributed by atoms with Crippen LogP contribution in [0, 0.1) is 13.8 Å². The van der Waals surface area contributed by atoms with Crippen molar-refractivity contribution in [3.8, 4) is 0 Å². The molecule has 0 saturated carbocycles. The van der Waals surface area contributed by atoms with Gasteiger partial charge in [0, 0.05) is 24.4 Å². The highest BCUT2D eigenvalue weighted by Crippen LogP contribution is 2.19. The number of thioether (sulfide) groups is 1. The van der Waals surface area contributed by atoms with Crippen LogP contribution in [0.2, 0.25) is 0 Å². The lowest BCUT2D eigenvalue weighted by molar-refractivity contribution is -0.121. The lowest BCUT2D eigenvalue weighted by Gasteiger charge is -2.14. The van der Waals surface area contributed by atoms with E-state index in [9.17, 15) is 9.59 Å². The molecule has 0 aliphatic heterocycles. The van der Waals surface area contributed by atoms with Gasteiger partial charge in [0.15, 0.2) is 10.9 Å². The van der Waals surface area contributed by atoms with E-state index >= 15 is 0 Å². The molecule has 1 atom stereocenters. The highest BCUT2D eigenvalue weighted by Gasteiger charge is 2.20. The maximum Gasteiger partial charge on any atom is 0.222 e. The Kier molecular flexibility index (Phi) is 6.13. The Morgan fingerprint density at radius 2 is 2.17 bits per heavy atom. The van der Waals surface area contributed by atoms with Crippen molar-refractivity contribution in [1.82, 2.24) is 30.3 Å². The molecule has 0 radical (unpaired) electrons. The molecule has 0 saturated heterocycles. The van der Waals surface area contributed by atoms with Crippen molar-refractivity contribution in [1.29, 1.82) is 0 Å². The summed E-state index contributed by atoms with van der Waals surface area (Å²) in [4.78, 5) is 27.7. The van der Waals surface area contributed by atoms with Crippen molar-refractivity contribution in [2.45, 2.75) is 45.3 Å². The van der Waals surface area contributed by atoms with Gasteiger partial charge in [0.1, 0.15) is 6.33 Å². The molecule has 1 amide bonds. The number of nitrogens with zero attached hydrogens (tertiary/aromatic N) is 4. The van der Waals surface area contributed by atoms with E-state index in [1.165, 1.54) is 25.0 Å². The van der Waals surface area contributed by atoms with E-state index in [2.05, 4.69) is 25.6 Å². The topological polar surface area (TPSA) is 106 Å². The minimum Gasteiger partial charge on any atom is -0.355 e. The largest absolute Gasteiger partial charge is 0.355 e. The number of aromatic amines is 1. The molecule has 2 aromatic rings. The van der Waals surface area contributed by atoms with Gasteiger partial charge in [0.05, 0.1) is 17.3 Å². The molecule has 9 heteroatoms. The molecule has 0 unspecified atom stereocenters. The maximum atomic E-state index is 12.1. The molecule has 2 N–H and O–H groups in total. The molecular weight excluding hydrogens is 328 g/mol. The fourth-order valence-corrected chi connectivity index (χ4v) is 3.27. The highest BCUT2D eigenvalue weighted by atomic mass is 32.2. The summed E-state index contributed by atoms with van der Waals surface area (Å²) < 4.78 is 1.76. The summed E-state index contributed by atoms with van der Waals surface area (Å²) in [6.45, 7) is 7.68. The van der Waals surface area contributed by atoms with E-state index in [1.807, 2.05) is 20.8 Å². The van der Waals surface area contributed by atoms with E-state index in [4.69, 9.17) is 0 Å². The summed E-state index contributed by atoms with van der Waals surface area (Å²) in [5.41, 5.74) is 2.16. The van der Waals surface area contributed by atoms with Crippen LogP contribution in [0.3, 0.4) is 0 Å². The first-order valence-electron chi connectivity index (χ1n) is 7.71. The molecule has 0 spiro atoms. The van der Waals surface area contributed by atoms with Gasteiger partial charge < -0.3 is 5.32 Å². The van der Waals surface area contributed by atoms with Crippen molar-refractivity contribution < 1.29 is 9.59 Å². The Balaban J connectivity index is 1.83. The second-order valence-corrected chi connectivity index (χ2v) is 6.67. The number of carbonyl (C=O) groups excluding carboxylic acids is 2. The summed E-state index contributed by atoms with van der Waals surface area (Å²) in [7, 11) is 0. The summed E-state index contributed by atoms with van der Waals surface area (Å²) >= 11 is 1.50. The number of Topliss-reactive ketones (excluding diaryl/α,β-unsaturated/α-hetero) is 1. The third-order valence-electron chi connectivity index (χ3n) is 3.63. The first kappa shape index (κ1) is 18.2. The predicted molar refractivity (Wildman–Crippen MR) is 91.1 cm³/mol. The summed E-state index contributed by atoms with van der Waals surface area (Å²) in [6, 6.07) is -0.112. The highest BCUT2D eigenvalue weighted by molar-refractivity contribution is 7.99. The molecule has 0 aliphatic rings. The van der Waals surface area contributed by atoms with Crippen molar-refractivity contribution in [3.63, 3.8) is 0 Å². The number of carbonyl (C=O) groups is 2. The monoisotopic (exact) mass is 350 g/mol. The molecule has 0 aromatic carbocycles. The van der Waals surface area contributed by atoms with Crippen LogP contribution in [-0.4, -0.2) is 48.9 Å². The van der Waals surface area contributed by atoms with Crippen LogP contribution in [0.25, 0.3) is 0 Å². The molecule has 8 nitrogen and oxygen atoms in total. The Morgan fingerprint density at radius 3 is 2.75 bits per heavy atom. The Labute approximate surface area is 144 Å². The third-order valence-corrected chi connectivity index (χ3v) is 4.51. The van der Waals surface area contributed by atoms with Gasteiger partial charge in [0.2, 0.25) is 5.91 Å². The third kappa shape index (κ3) is 4.44. The summed E-state index contributed by atoms with van der Waals surface area (Å²) in [5.74, 6) is 0.666. The molecule has 130 valence electrons.